The second kappa shape index (κ2) is 8.33. The molecule has 99 valence electrons. The zero-order chi connectivity index (χ0) is 10.7. The quantitative estimate of drug-likeness (QED) is 0.922. The second-order valence-corrected chi connectivity index (χ2v) is 5.35. The normalized spacial score (nSPS) is 17.3. The molecule has 1 aromatic rings. The molecule has 1 fully saturated rings. The fourth-order valence-corrected chi connectivity index (χ4v) is 3.08. The minimum atomic E-state index is 0. The highest BCUT2D eigenvalue weighted by molar-refractivity contribution is 7.12. The first-order valence-electron chi connectivity index (χ1n) is 5.65. The Kier molecular flexibility index (Phi) is 8.43. The standard InChI is InChI=1S/C12H19N2S.2ClH/c1-2-11(13)12-6-5-10(15-12)9-14-7-3-4-8-14;;/h2,5-6,11H,3-4,7-9,13H2,1H3;2*1H. The van der Waals surface area contributed by atoms with Crippen LogP contribution in [-0.4, -0.2) is 18.0 Å². The summed E-state index contributed by atoms with van der Waals surface area (Å²) in [5.74, 6) is 0. The van der Waals surface area contributed by atoms with Gasteiger partial charge in [-0.05, 0) is 44.5 Å². The summed E-state index contributed by atoms with van der Waals surface area (Å²) in [6.07, 6.45) is 4.77. The number of nitrogens with two attached hydrogens (primary N) is 1. The van der Waals surface area contributed by atoms with Crippen LogP contribution in [0.5, 0.6) is 0 Å². The molecule has 1 saturated heterocycles. The van der Waals surface area contributed by atoms with Gasteiger partial charge in [0.2, 0.25) is 0 Å². The van der Waals surface area contributed by atoms with Crippen molar-refractivity contribution in [3.8, 4) is 0 Å². The van der Waals surface area contributed by atoms with Crippen LogP contribution in [-0.2, 0) is 6.54 Å². The molecule has 0 saturated carbocycles. The molecular formula is C12H21Cl2N2S. The molecule has 1 aliphatic heterocycles. The minimum Gasteiger partial charge on any atom is -0.323 e. The molecule has 2 nitrogen and oxygen atoms in total. The van der Waals surface area contributed by atoms with Crippen molar-refractivity contribution in [3.63, 3.8) is 0 Å². The molecule has 1 aromatic heterocycles. The summed E-state index contributed by atoms with van der Waals surface area (Å²) >= 11 is 1.85. The number of halogens is 2. The van der Waals surface area contributed by atoms with Gasteiger partial charge in [-0.25, -0.2) is 0 Å². The highest BCUT2D eigenvalue weighted by Crippen LogP contribution is 2.25. The van der Waals surface area contributed by atoms with Gasteiger partial charge < -0.3 is 5.73 Å². The van der Waals surface area contributed by atoms with Crippen LogP contribution in [0.1, 0.15) is 35.6 Å². The van der Waals surface area contributed by atoms with Gasteiger partial charge in [0.15, 0.2) is 0 Å². The zero-order valence-electron chi connectivity index (χ0n) is 10.1. The highest BCUT2D eigenvalue weighted by Gasteiger charge is 2.13. The van der Waals surface area contributed by atoms with E-state index in [4.69, 9.17) is 5.73 Å². The Hall–Kier alpha value is 0.200. The van der Waals surface area contributed by atoms with Crippen molar-refractivity contribution in [2.24, 2.45) is 5.73 Å². The zero-order valence-corrected chi connectivity index (χ0v) is 12.5. The molecule has 0 spiro atoms. The second-order valence-electron chi connectivity index (χ2n) is 4.15. The molecule has 2 heterocycles. The molecule has 2 rings (SSSR count). The van der Waals surface area contributed by atoms with Crippen LogP contribution in [0.4, 0.5) is 0 Å². The third kappa shape index (κ3) is 4.76. The fraction of sp³-hybridized carbons (Fsp3) is 0.583. The Labute approximate surface area is 120 Å². The Morgan fingerprint density at radius 2 is 2.00 bits per heavy atom. The van der Waals surface area contributed by atoms with Crippen LogP contribution in [0.25, 0.3) is 0 Å². The molecule has 1 radical (unpaired) electrons. The average molecular weight is 296 g/mol. The van der Waals surface area contributed by atoms with Gasteiger partial charge in [-0.3, -0.25) is 4.90 Å². The molecule has 2 N–H and O–H groups in total. The third-order valence-electron chi connectivity index (χ3n) is 2.95. The summed E-state index contributed by atoms with van der Waals surface area (Å²) in [5.41, 5.74) is 5.96. The first-order chi connectivity index (χ1) is 7.29. The maximum Gasteiger partial charge on any atom is 0.0419 e. The van der Waals surface area contributed by atoms with Gasteiger partial charge in [0.1, 0.15) is 0 Å². The van der Waals surface area contributed by atoms with Gasteiger partial charge in [0.25, 0.3) is 0 Å². The number of hydrogen-bond donors (Lipinski definition) is 1. The van der Waals surface area contributed by atoms with Crippen LogP contribution in [0.3, 0.4) is 0 Å². The fourth-order valence-electron chi connectivity index (χ4n) is 1.98. The predicted octanol–water partition coefficient (Wildman–Crippen LogP) is 3.41. The van der Waals surface area contributed by atoms with Crippen molar-refractivity contribution in [2.75, 3.05) is 13.1 Å². The maximum atomic E-state index is 5.96. The van der Waals surface area contributed by atoms with E-state index in [0.29, 0.717) is 0 Å². The van der Waals surface area contributed by atoms with Crippen molar-refractivity contribution in [1.82, 2.24) is 4.90 Å². The monoisotopic (exact) mass is 295 g/mol. The molecule has 5 heteroatoms. The third-order valence-corrected chi connectivity index (χ3v) is 4.12. The first-order valence-corrected chi connectivity index (χ1v) is 6.47. The topological polar surface area (TPSA) is 29.3 Å². The lowest BCUT2D eigenvalue weighted by Crippen LogP contribution is -2.17. The lowest BCUT2D eigenvalue weighted by Gasteiger charge is -2.12. The Morgan fingerprint density at radius 3 is 2.59 bits per heavy atom. The van der Waals surface area contributed by atoms with Crippen molar-refractivity contribution in [1.29, 1.82) is 0 Å². The summed E-state index contributed by atoms with van der Waals surface area (Å²) < 4.78 is 0. The van der Waals surface area contributed by atoms with Crippen LogP contribution >= 0.6 is 36.2 Å². The van der Waals surface area contributed by atoms with Gasteiger partial charge in [-0.1, -0.05) is 6.92 Å². The maximum absolute atomic E-state index is 5.96. The smallest absolute Gasteiger partial charge is 0.0419 e. The van der Waals surface area contributed by atoms with Crippen molar-refractivity contribution < 1.29 is 0 Å². The Bertz CT molecular complexity index is 311. The number of hydrogen-bond acceptors (Lipinski definition) is 3. The molecule has 0 bridgehead atoms. The lowest BCUT2D eigenvalue weighted by atomic mass is 10.2. The van der Waals surface area contributed by atoms with Gasteiger partial charge in [0.05, 0.1) is 0 Å². The van der Waals surface area contributed by atoms with E-state index in [1.807, 2.05) is 24.7 Å². The van der Waals surface area contributed by atoms with E-state index in [-0.39, 0.29) is 30.9 Å². The van der Waals surface area contributed by atoms with Gasteiger partial charge >= 0.3 is 0 Å². The largest absolute Gasteiger partial charge is 0.323 e. The van der Waals surface area contributed by atoms with Gasteiger partial charge in [0, 0.05) is 22.3 Å². The van der Waals surface area contributed by atoms with Gasteiger partial charge in [-0.15, -0.1) is 36.2 Å². The molecule has 0 amide bonds. The SMILES string of the molecule is C[CH]C(N)c1ccc(CN2CCCC2)s1.Cl.Cl. The molecule has 17 heavy (non-hydrogen) atoms. The molecule has 0 aliphatic carbocycles. The van der Waals surface area contributed by atoms with Crippen molar-refractivity contribution in [2.45, 2.75) is 32.4 Å². The summed E-state index contributed by atoms with van der Waals surface area (Å²) in [4.78, 5) is 5.26. The Balaban J connectivity index is 0.00000128. The molecule has 1 atom stereocenters. The lowest BCUT2D eigenvalue weighted by molar-refractivity contribution is 0.334. The summed E-state index contributed by atoms with van der Waals surface area (Å²) in [6, 6.07) is 4.50. The van der Waals surface area contributed by atoms with Crippen molar-refractivity contribution >= 4 is 36.2 Å². The number of rotatable bonds is 4. The van der Waals surface area contributed by atoms with E-state index < -0.39 is 0 Å². The Morgan fingerprint density at radius 1 is 1.35 bits per heavy atom. The molecule has 1 aliphatic rings. The van der Waals surface area contributed by atoms with E-state index in [1.54, 1.807) is 0 Å². The van der Waals surface area contributed by atoms with Crippen LogP contribution in [0.15, 0.2) is 12.1 Å². The van der Waals surface area contributed by atoms with E-state index in [0.717, 1.165) is 6.54 Å². The number of thiophene rings is 1. The minimum absolute atomic E-state index is 0. The highest BCUT2D eigenvalue weighted by atomic mass is 35.5. The van der Waals surface area contributed by atoms with E-state index in [2.05, 4.69) is 17.0 Å². The van der Waals surface area contributed by atoms with Gasteiger partial charge in [-0.2, -0.15) is 0 Å². The van der Waals surface area contributed by atoms with Crippen LogP contribution in [0.2, 0.25) is 0 Å². The van der Waals surface area contributed by atoms with E-state index in [9.17, 15) is 0 Å². The number of likely N-dealkylation sites (tertiary alicyclic amines) is 1. The van der Waals surface area contributed by atoms with Crippen LogP contribution in [0, 0.1) is 6.42 Å². The summed E-state index contributed by atoms with van der Waals surface area (Å²) in [5, 5.41) is 0. The van der Waals surface area contributed by atoms with Crippen molar-refractivity contribution in [3.05, 3.63) is 28.3 Å². The first kappa shape index (κ1) is 17.2. The van der Waals surface area contributed by atoms with E-state index >= 15 is 0 Å². The van der Waals surface area contributed by atoms with E-state index in [1.165, 1.54) is 35.7 Å². The molecular weight excluding hydrogens is 275 g/mol. The molecule has 0 aromatic carbocycles. The van der Waals surface area contributed by atoms with Crippen LogP contribution < -0.4 is 5.73 Å². The average Bonchev–Trinajstić information content (AvgIpc) is 2.88. The predicted molar refractivity (Wildman–Crippen MR) is 80.2 cm³/mol. The summed E-state index contributed by atoms with van der Waals surface area (Å²) in [6.45, 7) is 5.66. The molecule has 1 unspecified atom stereocenters. The summed E-state index contributed by atoms with van der Waals surface area (Å²) in [7, 11) is 0. The number of nitrogens with zero attached hydrogens (tertiary/aromatic N) is 1.